The molecule has 0 radical (unpaired) electrons. The van der Waals surface area contributed by atoms with Crippen molar-refractivity contribution < 1.29 is 19.6 Å². The number of thioether (sulfide) groups is 1. The van der Waals surface area contributed by atoms with E-state index in [9.17, 15) is 20.0 Å². The van der Waals surface area contributed by atoms with Crippen LogP contribution in [0, 0.1) is 13.7 Å². The predicted octanol–water partition coefficient (Wildman–Crippen LogP) is 4.74. The van der Waals surface area contributed by atoms with Crippen molar-refractivity contribution in [3.05, 3.63) is 91.8 Å². The number of hydrogen-bond acceptors (Lipinski definition) is 10. The molecule has 0 saturated heterocycles. The SMILES string of the molecule is COc1cc([N+](=O)[O-])cc(/C=N\NC(=O)[C@@H](C)Sc2nnc(CNc3ccc(I)cc3)n2-c2ccccc2)c1O. The summed E-state index contributed by atoms with van der Waals surface area (Å²) in [4.78, 5) is 23.3. The minimum atomic E-state index is -0.630. The maximum absolute atomic E-state index is 12.8. The molecule has 0 fully saturated rings. The lowest BCUT2D eigenvalue weighted by Gasteiger charge is -2.13. The lowest BCUT2D eigenvalue weighted by Crippen LogP contribution is -2.27. The Labute approximate surface area is 247 Å². The summed E-state index contributed by atoms with van der Waals surface area (Å²) in [6, 6.07) is 19.8. The number of aromatic nitrogens is 3. The zero-order chi connectivity index (χ0) is 28.6. The number of ether oxygens (including phenoxy) is 1. The van der Waals surface area contributed by atoms with Crippen molar-refractivity contribution in [2.75, 3.05) is 12.4 Å². The molecule has 0 unspecified atom stereocenters. The average molecular weight is 673 g/mol. The summed E-state index contributed by atoms with van der Waals surface area (Å²) >= 11 is 3.44. The van der Waals surface area contributed by atoms with E-state index in [1.165, 1.54) is 18.9 Å². The van der Waals surface area contributed by atoms with E-state index >= 15 is 0 Å². The lowest BCUT2D eigenvalue weighted by molar-refractivity contribution is -0.385. The van der Waals surface area contributed by atoms with Crippen molar-refractivity contribution in [1.29, 1.82) is 0 Å². The Hall–Kier alpha value is -4.18. The summed E-state index contributed by atoms with van der Waals surface area (Å²) in [6.07, 6.45) is 1.11. The first-order valence-electron chi connectivity index (χ1n) is 11.8. The molecule has 14 heteroatoms. The number of aromatic hydroxyl groups is 1. The number of rotatable bonds is 11. The first kappa shape index (κ1) is 28.8. The third-order valence-corrected chi connectivity index (χ3v) is 7.32. The summed E-state index contributed by atoms with van der Waals surface area (Å²) in [6.45, 7) is 2.10. The normalized spacial score (nSPS) is 11.8. The Morgan fingerprint density at radius 3 is 2.62 bits per heavy atom. The van der Waals surface area contributed by atoms with Crippen LogP contribution in [0.3, 0.4) is 0 Å². The molecule has 1 amide bonds. The highest BCUT2D eigenvalue weighted by Gasteiger charge is 2.21. The number of nitrogens with zero attached hydrogens (tertiary/aromatic N) is 5. The fraction of sp³-hybridized carbons (Fsp3) is 0.154. The second kappa shape index (κ2) is 13.3. The number of benzene rings is 3. The number of methoxy groups -OCH3 is 1. The van der Waals surface area contributed by atoms with Gasteiger partial charge in [0.15, 0.2) is 22.5 Å². The molecule has 1 atom stereocenters. The topological polar surface area (TPSA) is 157 Å². The lowest BCUT2D eigenvalue weighted by atomic mass is 10.2. The predicted molar refractivity (Wildman–Crippen MR) is 160 cm³/mol. The van der Waals surface area contributed by atoms with Gasteiger partial charge in [0.05, 0.1) is 36.1 Å². The maximum Gasteiger partial charge on any atom is 0.274 e. The van der Waals surface area contributed by atoms with Gasteiger partial charge in [0.25, 0.3) is 11.6 Å². The van der Waals surface area contributed by atoms with Crippen LogP contribution in [0.1, 0.15) is 18.3 Å². The number of hydrazone groups is 1. The van der Waals surface area contributed by atoms with Crippen molar-refractivity contribution in [2.24, 2.45) is 5.10 Å². The van der Waals surface area contributed by atoms with Gasteiger partial charge < -0.3 is 15.2 Å². The first-order chi connectivity index (χ1) is 19.3. The fourth-order valence-electron chi connectivity index (χ4n) is 3.52. The summed E-state index contributed by atoms with van der Waals surface area (Å²) in [7, 11) is 1.28. The Balaban J connectivity index is 1.48. The van der Waals surface area contributed by atoms with Crippen molar-refractivity contribution in [1.82, 2.24) is 20.2 Å². The molecule has 3 N–H and O–H groups in total. The molecule has 0 aliphatic carbocycles. The van der Waals surface area contributed by atoms with E-state index in [4.69, 9.17) is 4.74 Å². The van der Waals surface area contributed by atoms with Crippen molar-refractivity contribution in [2.45, 2.75) is 23.9 Å². The number of halogens is 1. The van der Waals surface area contributed by atoms with Crippen LogP contribution in [0.4, 0.5) is 11.4 Å². The highest BCUT2D eigenvalue weighted by Crippen LogP contribution is 2.33. The van der Waals surface area contributed by atoms with E-state index in [1.807, 2.05) is 59.2 Å². The van der Waals surface area contributed by atoms with Crippen LogP contribution >= 0.6 is 34.4 Å². The summed E-state index contributed by atoms with van der Waals surface area (Å²) < 4.78 is 7.99. The summed E-state index contributed by atoms with van der Waals surface area (Å²) in [5.74, 6) is -0.207. The quantitative estimate of drug-likeness (QED) is 0.0673. The minimum absolute atomic E-state index is 0.0146. The Morgan fingerprint density at radius 2 is 1.95 bits per heavy atom. The first-order valence-corrected chi connectivity index (χ1v) is 13.8. The number of nitrogens with one attached hydrogen (secondary N) is 2. The third kappa shape index (κ3) is 7.06. The van der Waals surface area contributed by atoms with Crippen LogP contribution in [-0.2, 0) is 11.3 Å². The van der Waals surface area contributed by atoms with Gasteiger partial charge in [-0.2, -0.15) is 5.10 Å². The molecular weight excluding hydrogens is 649 g/mol. The number of non-ortho nitro benzene ring substituents is 1. The van der Waals surface area contributed by atoms with Crippen molar-refractivity contribution >= 4 is 57.8 Å². The van der Waals surface area contributed by atoms with E-state index in [0.717, 1.165) is 33.3 Å². The molecule has 1 heterocycles. The van der Waals surface area contributed by atoms with Crippen LogP contribution < -0.4 is 15.5 Å². The smallest absolute Gasteiger partial charge is 0.274 e. The molecule has 40 heavy (non-hydrogen) atoms. The van der Waals surface area contributed by atoms with Crippen molar-refractivity contribution in [3.8, 4) is 17.2 Å². The standard InChI is InChI=1S/C26H24IN7O5S/c1-16(25(36)31-29-14-17-12-21(34(37)38)13-22(39-2)24(17)35)40-26-32-30-23(33(26)20-6-4-3-5-7-20)15-28-19-10-8-18(27)9-11-19/h3-14,16,28,35H,15H2,1-2H3,(H,31,36)/b29-14-/t16-/m1/s1. The van der Waals surface area contributed by atoms with Crippen LogP contribution in [0.5, 0.6) is 11.5 Å². The molecule has 0 bridgehead atoms. The van der Waals surface area contributed by atoms with Gasteiger partial charge in [0.1, 0.15) is 0 Å². The van der Waals surface area contributed by atoms with Crippen molar-refractivity contribution in [3.63, 3.8) is 0 Å². The van der Waals surface area contributed by atoms with Gasteiger partial charge in [-0.3, -0.25) is 19.5 Å². The highest BCUT2D eigenvalue weighted by molar-refractivity contribution is 14.1. The van der Waals surface area contributed by atoms with Crippen LogP contribution in [0.25, 0.3) is 5.69 Å². The van der Waals surface area contributed by atoms with E-state index in [0.29, 0.717) is 17.5 Å². The van der Waals surface area contributed by atoms with Gasteiger partial charge in [-0.1, -0.05) is 30.0 Å². The molecule has 0 aliphatic heterocycles. The van der Waals surface area contributed by atoms with Gasteiger partial charge >= 0.3 is 0 Å². The van der Waals surface area contributed by atoms with E-state index in [1.54, 1.807) is 6.92 Å². The summed E-state index contributed by atoms with van der Waals surface area (Å²) in [5.41, 5.74) is 3.90. The Morgan fingerprint density at radius 1 is 1.23 bits per heavy atom. The number of para-hydroxylation sites is 1. The van der Waals surface area contributed by atoms with Gasteiger partial charge in [0.2, 0.25) is 0 Å². The molecule has 1 aromatic heterocycles. The fourth-order valence-corrected chi connectivity index (χ4v) is 4.76. The zero-order valence-electron chi connectivity index (χ0n) is 21.3. The molecule has 3 aromatic carbocycles. The van der Waals surface area contributed by atoms with E-state index in [2.05, 4.69) is 48.6 Å². The molecular formula is C26H24IN7O5S. The van der Waals surface area contributed by atoms with Gasteiger partial charge in [0, 0.05) is 26.6 Å². The molecule has 0 spiro atoms. The maximum atomic E-state index is 12.8. The number of carbonyl (C=O) groups is 1. The largest absolute Gasteiger partial charge is 0.504 e. The number of carbonyl (C=O) groups excluding carboxylic acids is 1. The number of hydrogen-bond donors (Lipinski definition) is 3. The van der Waals surface area contributed by atoms with Crippen LogP contribution in [0.15, 0.2) is 77.0 Å². The Bertz CT molecular complexity index is 1530. The van der Waals surface area contributed by atoms with Gasteiger partial charge in [-0.15, -0.1) is 10.2 Å². The Kier molecular flexibility index (Phi) is 9.55. The van der Waals surface area contributed by atoms with Crippen LogP contribution in [0.2, 0.25) is 0 Å². The highest BCUT2D eigenvalue weighted by atomic mass is 127. The number of nitro benzene ring substituents is 1. The molecule has 206 valence electrons. The molecule has 4 rings (SSSR count). The monoisotopic (exact) mass is 673 g/mol. The van der Waals surface area contributed by atoms with Gasteiger partial charge in [-0.05, 0) is 65.9 Å². The second-order valence-electron chi connectivity index (χ2n) is 8.27. The molecule has 4 aromatic rings. The zero-order valence-corrected chi connectivity index (χ0v) is 24.3. The number of anilines is 1. The number of amides is 1. The van der Waals surface area contributed by atoms with E-state index in [-0.39, 0.29) is 22.7 Å². The molecule has 0 saturated carbocycles. The number of nitro groups is 1. The van der Waals surface area contributed by atoms with Crippen LogP contribution in [-0.4, -0.2) is 49.3 Å². The van der Waals surface area contributed by atoms with Gasteiger partial charge in [-0.25, -0.2) is 5.43 Å². The number of phenols is 1. The minimum Gasteiger partial charge on any atom is -0.504 e. The summed E-state index contributed by atoms with van der Waals surface area (Å²) in [5, 5.41) is 37.2. The molecule has 12 nitrogen and oxygen atoms in total. The average Bonchev–Trinajstić information content (AvgIpc) is 3.35. The van der Waals surface area contributed by atoms with E-state index < -0.39 is 16.1 Å². The third-order valence-electron chi connectivity index (χ3n) is 5.56. The number of phenolic OH excluding ortho intramolecular Hbond substituents is 1. The molecule has 0 aliphatic rings. The second-order valence-corrected chi connectivity index (χ2v) is 10.8.